The number of aryl methyl sites for hydroxylation is 2. The van der Waals surface area contributed by atoms with Crippen LogP contribution in [0.3, 0.4) is 0 Å². The summed E-state index contributed by atoms with van der Waals surface area (Å²) in [5.41, 5.74) is 2.38. The zero-order valence-corrected chi connectivity index (χ0v) is 11.3. The Morgan fingerprint density at radius 1 is 1.22 bits per heavy atom. The van der Waals surface area contributed by atoms with Gasteiger partial charge in [-0.1, -0.05) is 12.1 Å². The summed E-state index contributed by atoms with van der Waals surface area (Å²) in [4.78, 5) is 12.6. The predicted octanol–water partition coefficient (Wildman–Crippen LogP) is 2.68. The van der Waals surface area contributed by atoms with Gasteiger partial charge in [0.1, 0.15) is 5.60 Å². The topological polar surface area (TPSA) is 35.5 Å². The Balaban J connectivity index is 2.30. The molecule has 0 bridgehead atoms. The van der Waals surface area contributed by atoms with Crippen LogP contribution in [0.25, 0.3) is 0 Å². The van der Waals surface area contributed by atoms with Gasteiger partial charge < -0.3 is 9.47 Å². The molecule has 0 unspecified atom stereocenters. The molecule has 98 valence electrons. The van der Waals surface area contributed by atoms with Gasteiger partial charge in [-0.25, -0.2) is 0 Å². The van der Waals surface area contributed by atoms with Crippen molar-refractivity contribution in [2.24, 2.45) is 0 Å². The third-order valence-corrected chi connectivity index (χ3v) is 3.87. The van der Waals surface area contributed by atoms with E-state index in [9.17, 15) is 4.79 Å². The minimum absolute atomic E-state index is 0.0800. The second-order valence-corrected chi connectivity index (χ2v) is 4.94. The molecule has 1 fully saturated rings. The fourth-order valence-electron chi connectivity index (χ4n) is 2.37. The van der Waals surface area contributed by atoms with Crippen molar-refractivity contribution in [1.82, 2.24) is 0 Å². The third-order valence-electron chi connectivity index (χ3n) is 3.87. The van der Waals surface area contributed by atoms with Gasteiger partial charge in [0.2, 0.25) is 0 Å². The maximum absolute atomic E-state index is 12.6. The molecule has 1 heterocycles. The number of ketones is 1. The van der Waals surface area contributed by atoms with Crippen LogP contribution in [0.15, 0.2) is 18.2 Å². The summed E-state index contributed by atoms with van der Waals surface area (Å²) in [6, 6.07) is 5.83. The summed E-state index contributed by atoms with van der Waals surface area (Å²) >= 11 is 0. The van der Waals surface area contributed by atoms with E-state index in [0.29, 0.717) is 26.1 Å². The summed E-state index contributed by atoms with van der Waals surface area (Å²) in [5.74, 6) is 0.0800. The maximum atomic E-state index is 12.6. The maximum Gasteiger partial charge on any atom is 0.194 e. The van der Waals surface area contributed by atoms with Gasteiger partial charge in [-0.15, -0.1) is 0 Å². The van der Waals surface area contributed by atoms with E-state index in [2.05, 4.69) is 0 Å². The lowest BCUT2D eigenvalue weighted by atomic mass is 9.85. The normalized spacial score (nSPS) is 18.6. The number of Topliss-reactive ketones (excluding diaryl/α,β-unsaturated/α-hetero) is 1. The van der Waals surface area contributed by atoms with Gasteiger partial charge in [0, 0.05) is 38.7 Å². The Hall–Kier alpha value is -1.19. The second-order valence-electron chi connectivity index (χ2n) is 4.94. The van der Waals surface area contributed by atoms with E-state index in [-0.39, 0.29) is 5.78 Å². The molecule has 1 aliphatic rings. The molecule has 18 heavy (non-hydrogen) atoms. The molecule has 3 heteroatoms. The van der Waals surface area contributed by atoms with Gasteiger partial charge in [-0.3, -0.25) is 4.79 Å². The highest BCUT2D eigenvalue weighted by Crippen LogP contribution is 2.29. The SMILES string of the molecule is COC1(C(=O)c2ccc(C)c(C)c2)CCOCC1. The highest BCUT2D eigenvalue weighted by atomic mass is 16.5. The van der Waals surface area contributed by atoms with E-state index in [1.54, 1.807) is 7.11 Å². The van der Waals surface area contributed by atoms with Crippen LogP contribution in [0, 0.1) is 13.8 Å². The summed E-state index contributed by atoms with van der Waals surface area (Å²) in [6.45, 7) is 5.24. The molecule has 0 saturated carbocycles. The lowest BCUT2D eigenvalue weighted by Gasteiger charge is -2.34. The molecule has 0 atom stereocenters. The van der Waals surface area contributed by atoms with E-state index in [1.165, 1.54) is 5.56 Å². The number of benzene rings is 1. The monoisotopic (exact) mass is 248 g/mol. The van der Waals surface area contributed by atoms with Crippen LogP contribution in [-0.4, -0.2) is 31.7 Å². The molecular weight excluding hydrogens is 228 g/mol. The van der Waals surface area contributed by atoms with Crippen molar-refractivity contribution in [3.63, 3.8) is 0 Å². The van der Waals surface area contributed by atoms with Crippen molar-refractivity contribution in [3.05, 3.63) is 34.9 Å². The quantitative estimate of drug-likeness (QED) is 0.771. The minimum atomic E-state index is -0.694. The first kappa shape index (κ1) is 13.2. The van der Waals surface area contributed by atoms with E-state index in [0.717, 1.165) is 11.1 Å². The Bertz CT molecular complexity index is 445. The Kier molecular flexibility index (Phi) is 3.83. The zero-order valence-electron chi connectivity index (χ0n) is 11.3. The van der Waals surface area contributed by atoms with Gasteiger partial charge >= 0.3 is 0 Å². The van der Waals surface area contributed by atoms with Crippen LogP contribution in [0.5, 0.6) is 0 Å². The van der Waals surface area contributed by atoms with Gasteiger partial charge in [-0.05, 0) is 31.0 Å². The standard InChI is InChI=1S/C15H20O3/c1-11-4-5-13(10-12(11)2)14(16)15(17-3)6-8-18-9-7-15/h4-5,10H,6-9H2,1-3H3. The third kappa shape index (κ3) is 2.33. The molecule has 0 N–H and O–H groups in total. The highest BCUT2D eigenvalue weighted by molar-refractivity contribution is 6.02. The van der Waals surface area contributed by atoms with Crippen molar-refractivity contribution >= 4 is 5.78 Å². The molecule has 2 rings (SSSR count). The Labute approximate surface area is 108 Å². The van der Waals surface area contributed by atoms with Gasteiger partial charge in [0.05, 0.1) is 0 Å². The first-order chi connectivity index (χ1) is 8.59. The van der Waals surface area contributed by atoms with Crippen molar-refractivity contribution in [3.8, 4) is 0 Å². The van der Waals surface area contributed by atoms with Crippen LogP contribution in [0.2, 0.25) is 0 Å². The molecule has 0 amide bonds. The summed E-state index contributed by atoms with van der Waals surface area (Å²) in [7, 11) is 1.62. The van der Waals surface area contributed by atoms with Gasteiger partial charge in [0.15, 0.2) is 5.78 Å². The molecule has 0 spiro atoms. The van der Waals surface area contributed by atoms with E-state index in [1.807, 2.05) is 32.0 Å². The summed E-state index contributed by atoms with van der Waals surface area (Å²) in [5, 5.41) is 0. The van der Waals surface area contributed by atoms with Crippen LogP contribution >= 0.6 is 0 Å². The molecule has 1 aromatic carbocycles. The van der Waals surface area contributed by atoms with Gasteiger partial charge in [-0.2, -0.15) is 0 Å². The number of rotatable bonds is 3. The molecule has 0 aromatic heterocycles. The highest BCUT2D eigenvalue weighted by Gasteiger charge is 2.40. The van der Waals surface area contributed by atoms with E-state index >= 15 is 0 Å². The lowest BCUT2D eigenvalue weighted by Crippen LogP contribution is -2.45. The van der Waals surface area contributed by atoms with E-state index in [4.69, 9.17) is 9.47 Å². The second kappa shape index (κ2) is 5.21. The minimum Gasteiger partial charge on any atom is -0.381 e. The number of hydrogen-bond acceptors (Lipinski definition) is 3. The molecule has 1 aromatic rings. The molecule has 3 nitrogen and oxygen atoms in total. The van der Waals surface area contributed by atoms with Crippen LogP contribution in [0.4, 0.5) is 0 Å². The summed E-state index contributed by atoms with van der Waals surface area (Å²) < 4.78 is 10.9. The fourth-order valence-corrected chi connectivity index (χ4v) is 2.37. The van der Waals surface area contributed by atoms with Crippen LogP contribution < -0.4 is 0 Å². The van der Waals surface area contributed by atoms with Crippen LogP contribution in [-0.2, 0) is 9.47 Å². The molecule has 0 radical (unpaired) electrons. The Morgan fingerprint density at radius 3 is 2.44 bits per heavy atom. The average molecular weight is 248 g/mol. The number of ether oxygens (including phenoxy) is 2. The predicted molar refractivity (Wildman–Crippen MR) is 70.0 cm³/mol. The molecule has 0 aliphatic carbocycles. The number of carbonyl (C=O) groups excluding carboxylic acids is 1. The number of methoxy groups -OCH3 is 1. The van der Waals surface area contributed by atoms with E-state index < -0.39 is 5.60 Å². The average Bonchev–Trinajstić information content (AvgIpc) is 2.42. The zero-order chi connectivity index (χ0) is 13.2. The smallest absolute Gasteiger partial charge is 0.194 e. The van der Waals surface area contributed by atoms with Crippen molar-refractivity contribution in [1.29, 1.82) is 0 Å². The number of hydrogen-bond donors (Lipinski definition) is 0. The van der Waals surface area contributed by atoms with Crippen LogP contribution in [0.1, 0.15) is 34.3 Å². The molecule has 1 aliphatic heterocycles. The Morgan fingerprint density at radius 2 is 1.89 bits per heavy atom. The van der Waals surface area contributed by atoms with Gasteiger partial charge in [0.25, 0.3) is 0 Å². The van der Waals surface area contributed by atoms with Crippen molar-refractivity contribution in [2.75, 3.05) is 20.3 Å². The van der Waals surface area contributed by atoms with Crippen molar-refractivity contribution in [2.45, 2.75) is 32.3 Å². The summed E-state index contributed by atoms with van der Waals surface area (Å²) in [6.07, 6.45) is 1.27. The largest absolute Gasteiger partial charge is 0.381 e. The fraction of sp³-hybridized carbons (Fsp3) is 0.533. The number of carbonyl (C=O) groups is 1. The van der Waals surface area contributed by atoms with Crippen molar-refractivity contribution < 1.29 is 14.3 Å². The lowest BCUT2D eigenvalue weighted by molar-refractivity contribution is -0.0663. The molecule has 1 saturated heterocycles. The first-order valence-electron chi connectivity index (χ1n) is 6.34. The first-order valence-corrected chi connectivity index (χ1v) is 6.34. The molecular formula is C15H20O3.